The third kappa shape index (κ3) is 3.34. The summed E-state index contributed by atoms with van der Waals surface area (Å²) in [5.74, 6) is 0.719. The maximum absolute atomic E-state index is 11.5. The molecule has 1 amide bonds. The van der Waals surface area contributed by atoms with Crippen molar-refractivity contribution in [1.29, 1.82) is 0 Å². The standard InChI is InChI=1S/C14H19N5O/c1-4-6-11(20)15-13-17-14(19-18-13)16-12-9(2)7-5-8-10(12)3/h5,7-8H,4,6H2,1-3H3,(H3,15,16,17,18,19,20). The van der Waals surface area contributed by atoms with Gasteiger partial charge in [0.2, 0.25) is 17.8 Å². The van der Waals surface area contributed by atoms with E-state index in [0.717, 1.165) is 23.2 Å². The molecule has 106 valence electrons. The molecule has 0 spiro atoms. The Labute approximate surface area is 118 Å². The minimum absolute atomic E-state index is 0.0786. The lowest BCUT2D eigenvalue weighted by Gasteiger charge is -2.09. The molecule has 0 bridgehead atoms. The van der Waals surface area contributed by atoms with E-state index in [1.54, 1.807) is 0 Å². The maximum Gasteiger partial charge on any atom is 0.250 e. The highest BCUT2D eigenvalue weighted by Crippen LogP contribution is 2.22. The number of nitrogens with zero attached hydrogens (tertiary/aromatic N) is 2. The zero-order valence-electron chi connectivity index (χ0n) is 11.9. The van der Waals surface area contributed by atoms with Gasteiger partial charge in [0.15, 0.2) is 0 Å². The van der Waals surface area contributed by atoms with E-state index in [4.69, 9.17) is 0 Å². The van der Waals surface area contributed by atoms with Gasteiger partial charge in [0.05, 0.1) is 0 Å². The van der Waals surface area contributed by atoms with Gasteiger partial charge in [-0.2, -0.15) is 4.98 Å². The lowest BCUT2D eigenvalue weighted by Crippen LogP contribution is -2.11. The van der Waals surface area contributed by atoms with Gasteiger partial charge in [-0.05, 0) is 31.4 Å². The van der Waals surface area contributed by atoms with Crippen LogP contribution >= 0.6 is 0 Å². The average molecular weight is 273 g/mol. The van der Waals surface area contributed by atoms with E-state index in [-0.39, 0.29) is 11.9 Å². The van der Waals surface area contributed by atoms with E-state index in [9.17, 15) is 4.79 Å². The van der Waals surface area contributed by atoms with Crippen molar-refractivity contribution in [2.45, 2.75) is 33.6 Å². The molecule has 0 aliphatic heterocycles. The normalized spacial score (nSPS) is 10.3. The Hall–Kier alpha value is -2.37. The van der Waals surface area contributed by atoms with Crippen molar-refractivity contribution in [2.75, 3.05) is 10.6 Å². The number of nitrogens with one attached hydrogen (secondary N) is 3. The number of aromatic amines is 1. The second kappa shape index (κ2) is 6.18. The van der Waals surface area contributed by atoms with Crippen LogP contribution in [0.3, 0.4) is 0 Å². The van der Waals surface area contributed by atoms with E-state index in [1.807, 2.05) is 39.0 Å². The third-order valence-electron chi connectivity index (χ3n) is 2.94. The number of rotatable bonds is 5. The first-order valence-electron chi connectivity index (χ1n) is 6.65. The first-order chi connectivity index (χ1) is 9.60. The molecule has 2 rings (SSSR count). The van der Waals surface area contributed by atoms with Crippen LogP contribution in [0.15, 0.2) is 18.2 Å². The average Bonchev–Trinajstić information content (AvgIpc) is 2.82. The maximum atomic E-state index is 11.5. The minimum Gasteiger partial charge on any atom is -0.324 e. The van der Waals surface area contributed by atoms with Gasteiger partial charge in [0.1, 0.15) is 0 Å². The second-order valence-corrected chi connectivity index (χ2v) is 4.70. The summed E-state index contributed by atoms with van der Waals surface area (Å²) in [6.07, 6.45) is 1.26. The number of aromatic nitrogens is 3. The smallest absolute Gasteiger partial charge is 0.250 e. The van der Waals surface area contributed by atoms with Crippen molar-refractivity contribution in [1.82, 2.24) is 15.2 Å². The van der Waals surface area contributed by atoms with Crippen molar-refractivity contribution in [3.8, 4) is 0 Å². The number of para-hydroxylation sites is 1. The molecule has 20 heavy (non-hydrogen) atoms. The van der Waals surface area contributed by atoms with Crippen LogP contribution in [-0.2, 0) is 4.79 Å². The first kappa shape index (κ1) is 14.0. The van der Waals surface area contributed by atoms with Gasteiger partial charge in [-0.15, -0.1) is 5.10 Å². The number of carbonyl (C=O) groups is 1. The highest BCUT2D eigenvalue weighted by atomic mass is 16.1. The number of carbonyl (C=O) groups excluding carboxylic acids is 1. The summed E-state index contributed by atoms with van der Waals surface area (Å²) in [6, 6.07) is 6.05. The van der Waals surface area contributed by atoms with Crippen LogP contribution in [0.4, 0.5) is 17.6 Å². The van der Waals surface area contributed by atoms with Crippen LogP contribution in [-0.4, -0.2) is 21.1 Å². The number of H-pyrrole nitrogens is 1. The van der Waals surface area contributed by atoms with E-state index < -0.39 is 0 Å². The number of amides is 1. The van der Waals surface area contributed by atoms with E-state index in [1.165, 1.54) is 0 Å². The number of aryl methyl sites for hydroxylation is 2. The minimum atomic E-state index is -0.0786. The van der Waals surface area contributed by atoms with Gasteiger partial charge in [-0.1, -0.05) is 25.1 Å². The first-order valence-corrected chi connectivity index (χ1v) is 6.65. The van der Waals surface area contributed by atoms with Gasteiger partial charge in [-0.3, -0.25) is 10.1 Å². The summed E-state index contributed by atoms with van der Waals surface area (Å²) >= 11 is 0. The van der Waals surface area contributed by atoms with Crippen LogP contribution in [0.2, 0.25) is 0 Å². The summed E-state index contributed by atoms with van der Waals surface area (Å²) in [5, 5.41) is 12.6. The highest BCUT2D eigenvalue weighted by molar-refractivity contribution is 5.88. The van der Waals surface area contributed by atoms with Crippen molar-refractivity contribution < 1.29 is 4.79 Å². The summed E-state index contributed by atoms with van der Waals surface area (Å²) in [4.78, 5) is 15.7. The lowest BCUT2D eigenvalue weighted by atomic mass is 10.1. The lowest BCUT2D eigenvalue weighted by molar-refractivity contribution is -0.116. The van der Waals surface area contributed by atoms with Gasteiger partial charge in [0, 0.05) is 12.1 Å². The number of anilines is 3. The molecule has 1 aromatic heterocycles. The van der Waals surface area contributed by atoms with Crippen LogP contribution in [0.1, 0.15) is 30.9 Å². The fourth-order valence-corrected chi connectivity index (χ4v) is 1.92. The molecule has 0 fully saturated rings. The molecule has 0 saturated heterocycles. The quantitative estimate of drug-likeness (QED) is 0.782. The molecule has 3 N–H and O–H groups in total. The number of hydrogen-bond acceptors (Lipinski definition) is 4. The molecular weight excluding hydrogens is 254 g/mol. The molecule has 6 nitrogen and oxygen atoms in total. The Morgan fingerprint density at radius 3 is 2.65 bits per heavy atom. The number of hydrogen-bond donors (Lipinski definition) is 3. The fourth-order valence-electron chi connectivity index (χ4n) is 1.92. The molecule has 0 unspecified atom stereocenters. The molecule has 0 aliphatic rings. The zero-order chi connectivity index (χ0) is 14.5. The van der Waals surface area contributed by atoms with Crippen LogP contribution < -0.4 is 10.6 Å². The molecule has 0 radical (unpaired) electrons. The predicted molar refractivity (Wildman–Crippen MR) is 79.1 cm³/mol. The van der Waals surface area contributed by atoms with Crippen LogP contribution in [0, 0.1) is 13.8 Å². The third-order valence-corrected chi connectivity index (χ3v) is 2.94. The fraction of sp³-hybridized carbons (Fsp3) is 0.357. The summed E-state index contributed by atoms with van der Waals surface area (Å²) in [5.41, 5.74) is 3.24. The monoisotopic (exact) mass is 273 g/mol. The van der Waals surface area contributed by atoms with E-state index in [0.29, 0.717) is 12.4 Å². The molecule has 2 aromatic rings. The summed E-state index contributed by atoms with van der Waals surface area (Å²) in [6.45, 7) is 6.00. The molecule has 1 aromatic carbocycles. The van der Waals surface area contributed by atoms with Crippen molar-refractivity contribution >= 4 is 23.5 Å². The molecule has 0 saturated carbocycles. The predicted octanol–water partition coefficient (Wildman–Crippen LogP) is 2.90. The molecule has 6 heteroatoms. The Morgan fingerprint density at radius 2 is 2.00 bits per heavy atom. The second-order valence-electron chi connectivity index (χ2n) is 4.70. The van der Waals surface area contributed by atoms with E-state index >= 15 is 0 Å². The molecule has 0 atom stereocenters. The van der Waals surface area contributed by atoms with Crippen molar-refractivity contribution in [3.63, 3.8) is 0 Å². The molecule has 0 aliphatic carbocycles. The van der Waals surface area contributed by atoms with Gasteiger partial charge in [0.25, 0.3) is 0 Å². The van der Waals surface area contributed by atoms with Crippen molar-refractivity contribution in [2.24, 2.45) is 0 Å². The largest absolute Gasteiger partial charge is 0.324 e. The Kier molecular flexibility index (Phi) is 4.34. The van der Waals surface area contributed by atoms with Crippen LogP contribution in [0.25, 0.3) is 0 Å². The molecule has 1 heterocycles. The van der Waals surface area contributed by atoms with Gasteiger partial charge >= 0.3 is 0 Å². The number of benzene rings is 1. The van der Waals surface area contributed by atoms with Crippen molar-refractivity contribution in [3.05, 3.63) is 29.3 Å². The summed E-state index contributed by atoms with van der Waals surface area (Å²) < 4.78 is 0. The summed E-state index contributed by atoms with van der Waals surface area (Å²) in [7, 11) is 0. The Morgan fingerprint density at radius 1 is 1.30 bits per heavy atom. The van der Waals surface area contributed by atoms with Gasteiger partial charge in [-0.25, -0.2) is 5.10 Å². The Balaban J connectivity index is 2.08. The Bertz CT molecular complexity index is 585. The highest BCUT2D eigenvalue weighted by Gasteiger charge is 2.08. The SMILES string of the molecule is CCCC(=O)Nc1n[nH]c(Nc2c(C)cccc2C)n1. The van der Waals surface area contributed by atoms with Gasteiger partial charge < -0.3 is 5.32 Å². The molecular formula is C14H19N5O. The van der Waals surface area contributed by atoms with Crippen LogP contribution in [0.5, 0.6) is 0 Å². The topological polar surface area (TPSA) is 82.7 Å². The zero-order valence-corrected chi connectivity index (χ0v) is 11.9. The van der Waals surface area contributed by atoms with E-state index in [2.05, 4.69) is 25.8 Å².